The van der Waals surface area contributed by atoms with Gasteiger partial charge in [-0.1, -0.05) is 62.4 Å². The second-order valence-corrected chi connectivity index (χ2v) is 18.4. The Morgan fingerprint density at radius 1 is 0.885 bits per heavy atom. The fraction of sp³-hybridized carbons (Fsp3) is 0.426. The molecule has 2 saturated heterocycles. The second kappa shape index (κ2) is 14.8. The number of ether oxygens (including phenoxy) is 2. The predicted octanol–water partition coefficient (Wildman–Crippen LogP) is 9.76. The number of nitrogens with zero attached hydrogens (tertiary/aromatic N) is 4. The van der Waals surface area contributed by atoms with Crippen molar-refractivity contribution in [1.29, 1.82) is 0 Å². The van der Waals surface area contributed by atoms with E-state index in [9.17, 15) is 14.4 Å². The first-order valence-electron chi connectivity index (χ1n) is 21.1. The van der Waals surface area contributed by atoms with Crippen LogP contribution in [0.2, 0.25) is 0 Å². The lowest BCUT2D eigenvalue weighted by molar-refractivity contribution is -0.135. The summed E-state index contributed by atoms with van der Waals surface area (Å²) in [5.74, 6) is -2.33. The maximum atomic E-state index is 16.5. The number of imidazole rings is 2. The number of carbonyl (C=O) groups excluding carboxylic acids is 3. The monoisotopic (exact) mass is 831 g/mol. The topological polar surface area (TPSA) is 146 Å². The molecule has 318 valence electrons. The van der Waals surface area contributed by atoms with E-state index in [1.165, 1.54) is 13.2 Å². The number of aromatic amines is 2. The highest BCUT2D eigenvalue weighted by Crippen LogP contribution is 2.58. The molecular weight excluding hydrogens is 781 g/mol. The standard InChI is InChI=1S/C47H51F2N7O5/c1-26(2)39(54-43(58)60-6)42(57)56-25-46(17-18-46)22-38(56)41-51-24-36(53-41)30-14-16-32-31-15-13-29(20-33(31)47(48,49)34(32)21-30)27-9-11-28(12-10-27)35-23-50-40(52-35)37-8-7-19-55(37)44(59)61-45(3,4)5/h9-16,20-21,23-24,26,37-39H,7-8,17-19,22,25H2,1-6H3,(H,50,52)(H,51,53)(H,54,58)/t37-,38-,39-/m0/s1. The molecule has 2 aromatic heterocycles. The Labute approximate surface area is 353 Å². The molecule has 3 fully saturated rings. The molecule has 1 spiro atoms. The molecule has 0 unspecified atom stereocenters. The lowest BCUT2D eigenvalue weighted by Crippen LogP contribution is -2.51. The molecule has 4 heterocycles. The van der Waals surface area contributed by atoms with Crippen molar-refractivity contribution in [3.8, 4) is 44.8 Å². The zero-order valence-corrected chi connectivity index (χ0v) is 35.3. The largest absolute Gasteiger partial charge is 0.453 e. The average Bonchev–Trinajstić information content (AvgIpc) is 3.82. The van der Waals surface area contributed by atoms with Gasteiger partial charge >= 0.3 is 12.2 Å². The smallest absolute Gasteiger partial charge is 0.410 e. The van der Waals surface area contributed by atoms with E-state index in [2.05, 4.69) is 20.3 Å². The number of alkyl carbamates (subject to hydrolysis) is 1. The molecule has 4 aliphatic rings. The summed E-state index contributed by atoms with van der Waals surface area (Å²) in [5, 5.41) is 2.70. The summed E-state index contributed by atoms with van der Waals surface area (Å²) >= 11 is 0. The van der Waals surface area contributed by atoms with E-state index in [0.29, 0.717) is 52.7 Å². The van der Waals surface area contributed by atoms with Crippen LogP contribution in [0.25, 0.3) is 44.8 Å². The van der Waals surface area contributed by atoms with Crippen LogP contribution < -0.4 is 5.32 Å². The highest BCUT2D eigenvalue weighted by Gasteiger charge is 2.55. The Balaban J connectivity index is 0.919. The van der Waals surface area contributed by atoms with Crippen molar-refractivity contribution < 1.29 is 32.6 Å². The van der Waals surface area contributed by atoms with Gasteiger partial charge in [0.05, 0.1) is 36.8 Å². The van der Waals surface area contributed by atoms with Gasteiger partial charge < -0.3 is 29.7 Å². The molecule has 1 saturated carbocycles. The van der Waals surface area contributed by atoms with E-state index in [-0.39, 0.29) is 46.5 Å². The normalized spacial score (nSPS) is 20.1. The van der Waals surface area contributed by atoms with Gasteiger partial charge in [-0.3, -0.25) is 9.69 Å². The van der Waals surface area contributed by atoms with Crippen LogP contribution >= 0.6 is 0 Å². The number of likely N-dealkylation sites (tertiary alicyclic amines) is 2. The molecule has 2 aliphatic carbocycles. The molecule has 61 heavy (non-hydrogen) atoms. The number of hydrogen-bond donors (Lipinski definition) is 3. The van der Waals surface area contributed by atoms with Crippen LogP contribution in [0.15, 0.2) is 73.1 Å². The number of alkyl halides is 2. The van der Waals surface area contributed by atoms with Crippen molar-refractivity contribution in [2.75, 3.05) is 20.2 Å². The Morgan fingerprint density at radius 3 is 2.20 bits per heavy atom. The Bertz CT molecular complexity index is 2520. The number of aromatic nitrogens is 4. The van der Waals surface area contributed by atoms with Gasteiger partial charge in [-0.15, -0.1) is 0 Å². The molecule has 3 N–H and O–H groups in total. The van der Waals surface area contributed by atoms with Gasteiger partial charge in [-0.05, 0) is 98.6 Å². The van der Waals surface area contributed by atoms with Gasteiger partial charge in [0.15, 0.2) is 0 Å². The van der Waals surface area contributed by atoms with E-state index in [4.69, 9.17) is 14.5 Å². The fourth-order valence-electron chi connectivity index (χ4n) is 9.25. The molecule has 5 aromatic rings. The molecule has 3 atom stereocenters. The van der Waals surface area contributed by atoms with E-state index in [1.54, 1.807) is 34.2 Å². The first-order chi connectivity index (χ1) is 29.0. The number of benzene rings is 3. The van der Waals surface area contributed by atoms with Crippen LogP contribution in [0, 0.1) is 11.3 Å². The minimum Gasteiger partial charge on any atom is -0.453 e. The number of H-pyrrole nitrogens is 2. The summed E-state index contributed by atoms with van der Waals surface area (Å²) in [7, 11) is 1.27. The molecule has 3 amide bonds. The SMILES string of the molecule is COC(=O)N[C@H](C(=O)N1CC2(CC2)C[C@H]1c1ncc(-c2ccc3c(c2)C(F)(F)c2cc(-c4ccc(-c5c[nH]c([C@@H]6CCCN6C(=O)OC(C)(C)C)n5)cc4)ccc2-3)[nH]1)C(C)C. The summed E-state index contributed by atoms with van der Waals surface area (Å²) in [5.41, 5.74) is 4.46. The van der Waals surface area contributed by atoms with Gasteiger partial charge in [0.1, 0.15) is 23.3 Å². The third-order valence-electron chi connectivity index (χ3n) is 12.7. The van der Waals surface area contributed by atoms with Crippen LogP contribution in [-0.4, -0.2) is 79.7 Å². The van der Waals surface area contributed by atoms with Crippen LogP contribution in [-0.2, 0) is 20.2 Å². The third-order valence-corrected chi connectivity index (χ3v) is 12.7. The predicted molar refractivity (Wildman–Crippen MR) is 225 cm³/mol. The second-order valence-electron chi connectivity index (χ2n) is 18.4. The maximum Gasteiger partial charge on any atom is 0.410 e. The van der Waals surface area contributed by atoms with Gasteiger partial charge in [0.25, 0.3) is 5.92 Å². The number of methoxy groups -OCH3 is 1. The van der Waals surface area contributed by atoms with Crippen LogP contribution in [0.3, 0.4) is 0 Å². The minimum atomic E-state index is -3.25. The van der Waals surface area contributed by atoms with Crippen LogP contribution in [0.4, 0.5) is 18.4 Å². The van der Waals surface area contributed by atoms with E-state index in [0.717, 1.165) is 48.9 Å². The van der Waals surface area contributed by atoms with E-state index < -0.39 is 23.7 Å². The first kappa shape index (κ1) is 40.4. The number of rotatable bonds is 8. The summed E-state index contributed by atoms with van der Waals surface area (Å²) in [6.07, 6.45) is 6.84. The molecule has 0 radical (unpaired) electrons. The zero-order chi connectivity index (χ0) is 43.0. The lowest BCUT2D eigenvalue weighted by atomic mass is 9.97. The van der Waals surface area contributed by atoms with E-state index in [1.807, 2.05) is 77.2 Å². The molecule has 9 rings (SSSR count). The molecule has 3 aromatic carbocycles. The zero-order valence-electron chi connectivity index (χ0n) is 35.3. The Hall–Kier alpha value is -6.05. The molecular formula is C47H51F2N7O5. The number of carbonyl (C=O) groups is 3. The summed E-state index contributed by atoms with van der Waals surface area (Å²) in [6, 6.07) is 16.7. The first-order valence-corrected chi connectivity index (χ1v) is 21.1. The third kappa shape index (κ3) is 7.43. The summed E-state index contributed by atoms with van der Waals surface area (Å²) in [4.78, 5) is 58.6. The van der Waals surface area contributed by atoms with Crippen molar-refractivity contribution in [3.05, 3.63) is 95.8 Å². The van der Waals surface area contributed by atoms with Crippen molar-refractivity contribution in [3.63, 3.8) is 0 Å². The molecule has 0 bridgehead atoms. The number of hydrogen-bond acceptors (Lipinski definition) is 7. The summed E-state index contributed by atoms with van der Waals surface area (Å²) in [6.45, 7) is 10.5. The van der Waals surface area contributed by atoms with Crippen molar-refractivity contribution in [1.82, 2.24) is 35.1 Å². The highest BCUT2D eigenvalue weighted by molar-refractivity contribution is 5.87. The van der Waals surface area contributed by atoms with Gasteiger partial charge in [0, 0.05) is 41.5 Å². The number of nitrogens with one attached hydrogen (secondary N) is 3. The van der Waals surface area contributed by atoms with Gasteiger partial charge in [0.2, 0.25) is 5.91 Å². The van der Waals surface area contributed by atoms with Crippen LogP contribution in [0.5, 0.6) is 0 Å². The summed E-state index contributed by atoms with van der Waals surface area (Å²) < 4.78 is 43.4. The average molecular weight is 832 g/mol. The Morgan fingerprint density at radius 2 is 1.54 bits per heavy atom. The van der Waals surface area contributed by atoms with Gasteiger partial charge in [-0.2, -0.15) is 8.78 Å². The quantitative estimate of drug-likeness (QED) is 0.141. The number of fused-ring (bicyclic) bond motifs is 3. The Kier molecular flexibility index (Phi) is 9.82. The lowest BCUT2D eigenvalue weighted by Gasteiger charge is -2.30. The highest BCUT2D eigenvalue weighted by atomic mass is 19.3. The van der Waals surface area contributed by atoms with Gasteiger partial charge in [-0.25, -0.2) is 19.6 Å². The van der Waals surface area contributed by atoms with Crippen molar-refractivity contribution in [2.45, 2.75) is 96.4 Å². The minimum absolute atomic E-state index is 0.0232. The fourth-order valence-corrected chi connectivity index (χ4v) is 9.25. The molecule has 2 aliphatic heterocycles. The van der Waals surface area contributed by atoms with Crippen molar-refractivity contribution >= 4 is 18.1 Å². The van der Waals surface area contributed by atoms with E-state index >= 15 is 8.78 Å². The maximum absolute atomic E-state index is 16.5. The molecule has 14 heteroatoms. The number of halogens is 2. The van der Waals surface area contributed by atoms with Crippen molar-refractivity contribution in [2.24, 2.45) is 11.3 Å². The number of amides is 3. The molecule has 12 nitrogen and oxygen atoms in total. The van der Waals surface area contributed by atoms with Crippen LogP contribution in [0.1, 0.15) is 102 Å².